The quantitative estimate of drug-likeness (QED) is 0.805. The van der Waals surface area contributed by atoms with Crippen molar-refractivity contribution in [2.75, 3.05) is 5.32 Å². The number of hydrogen-bond donors (Lipinski definition) is 1. The highest BCUT2D eigenvalue weighted by Crippen LogP contribution is 2.38. The number of nitrogens with one attached hydrogen (secondary N) is 1. The Kier molecular flexibility index (Phi) is 3.46. The summed E-state index contributed by atoms with van der Waals surface area (Å²) in [5.41, 5.74) is 6.12. The van der Waals surface area contributed by atoms with E-state index in [0.29, 0.717) is 18.8 Å². The van der Waals surface area contributed by atoms with Crippen LogP contribution in [0.5, 0.6) is 0 Å². The third-order valence-corrected chi connectivity index (χ3v) is 4.84. The molecule has 1 aliphatic heterocycles. The molecule has 1 aliphatic rings. The molecule has 3 aromatic rings. The Labute approximate surface area is 138 Å². The Morgan fingerprint density at radius 1 is 1.35 bits per heavy atom. The molecule has 4 rings (SSSR count). The zero-order chi connectivity index (χ0) is 15.8. The standard InChI is InChI=1S/C17H16N4OS/c1-11-16-13(14-9-23-10-18-14)7-15(22)19-17(16)20-21(11)8-12-5-3-2-4-6-12/h2-6,9-10,13H,7-8H2,1H3,(H,19,20,22). The topological polar surface area (TPSA) is 59.8 Å². The fourth-order valence-corrected chi connectivity index (χ4v) is 3.70. The van der Waals surface area contributed by atoms with Crippen LogP contribution in [-0.4, -0.2) is 20.7 Å². The molecule has 2 aromatic heterocycles. The van der Waals surface area contributed by atoms with Crippen LogP contribution in [0.4, 0.5) is 5.82 Å². The average Bonchev–Trinajstić information content (AvgIpc) is 3.17. The minimum absolute atomic E-state index is 0.000129. The number of nitrogens with zero attached hydrogens (tertiary/aromatic N) is 3. The number of fused-ring (bicyclic) bond motifs is 1. The number of hydrogen-bond acceptors (Lipinski definition) is 4. The second kappa shape index (κ2) is 5.62. The summed E-state index contributed by atoms with van der Waals surface area (Å²) in [5, 5.41) is 9.53. The molecule has 0 saturated carbocycles. The highest BCUT2D eigenvalue weighted by atomic mass is 32.1. The minimum Gasteiger partial charge on any atom is -0.309 e. The summed E-state index contributed by atoms with van der Waals surface area (Å²) < 4.78 is 1.96. The number of carbonyl (C=O) groups is 1. The van der Waals surface area contributed by atoms with Crippen molar-refractivity contribution < 1.29 is 4.79 Å². The first-order chi connectivity index (χ1) is 11.2. The van der Waals surface area contributed by atoms with Crippen LogP contribution in [0.1, 0.15) is 34.9 Å². The van der Waals surface area contributed by atoms with Crippen LogP contribution in [0, 0.1) is 6.92 Å². The maximum Gasteiger partial charge on any atom is 0.226 e. The van der Waals surface area contributed by atoms with Crippen LogP contribution >= 0.6 is 11.3 Å². The first kappa shape index (κ1) is 14.1. The summed E-state index contributed by atoms with van der Waals surface area (Å²) in [6.07, 6.45) is 0.425. The van der Waals surface area contributed by atoms with E-state index in [1.54, 1.807) is 11.3 Å². The maximum atomic E-state index is 12.0. The summed E-state index contributed by atoms with van der Waals surface area (Å²) in [6, 6.07) is 10.2. The van der Waals surface area contributed by atoms with Crippen molar-refractivity contribution in [2.45, 2.75) is 25.8 Å². The lowest BCUT2D eigenvalue weighted by Crippen LogP contribution is -2.23. The van der Waals surface area contributed by atoms with Gasteiger partial charge in [-0.25, -0.2) is 4.98 Å². The summed E-state index contributed by atoms with van der Waals surface area (Å²) >= 11 is 1.55. The number of carbonyl (C=O) groups excluding carboxylic acids is 1. The van der Waals surface area contributed by atoms with E-state index in [1.165, 1.54) is 5.56 Å². The normalized spacial score (nSPS) is 16.9. The molecule has 1 aromatic carbocycles. The largest absolute Gasteiger partial charge is 0.309 e. The van der Waals surface area contributed by atoms with Gasteiger partial charge in [0.25, 0.3) is 0 Å². The summed E-state index contributed by atoms with van der Waals surface area (Å²) in [4.78, 5) is 16.4. The van der Waals surface area contributed by atoms with E-state index in [9.17, 15) is 4.79 Å². The van der Waals surface area contributed by atoms with Crippen molar-refractivity contribution >= 4 is 23.1 Å². The Hall–Kier alpha value is -2.47. The van der Waals surface area contributed by atoms with E-state index >= 15 is 0 Å². The molecule has 6 heteroatoms. The molecule has 0 aliphatic carbocycles. The van der Waals surface area contributed by atoms with Gasteiger partial charge in [0.1, 0.15) is 0 Å². The van der Waals surface area contributed by atoms with Crippen molar-refractivity contribution in [3.63, 3.8) is 0 Å². The average molecular weight is 324 g/mol. The zero-order valence-corrected chi connectivity index (χ0v) is 13.5. The molecule has 1 unspecified atom stereocenters. The second-order valence-corrected chi connectivity index (χ2v) is 6.43. The van der Waals surface area contributed by atoms with Gasteiger partial charge in [-0.3, -0.25) is 9.48 Å². The van der Waals surface area contributed by atoms with Gasteiger partial charge in [-0.2, -0.15) is 5.10 Å². The lowest BCUT2D eigenvalue weighted by molar-refractivity contribution is -0.116. The highest BCUT2D eigenvalue weighted by molar-refractivity contribution is 7.07. The van der Waals surface area contributed by atoms with E-state index in [2.05, 4.69) is 34.5 Å². The Bertz CT molecular complexity index is 839. The summed E-state index contributed by atoms with van der Waals surface area (Å²) in [7, 11) is 0. The SMILES string of the molecule is Cc1c2c(nn1Cc1ccccc1)NC(=O)CC2c1cscn1. The predicted molar refractivity (Wildman–Crippen MR) is 89.7 cm³/mol. The number of anilines is 1. The molecule has 0 bridgehead atoms. The Balaban J connectivity index is 1.75. The molecule has 116 valence electrons. The Morgan fingerprint density at radius 2 is 2.17 bits per heavy atom. The third-order valence-electron chi connectivity index (χ3n) is 4.23. The van der Waals surface area contributed by atoms with Crippen LogP contribution in [-0.2, 0) is 11.3 Å². The van der Waals surface area contributed by atoms with Crippen molar-refractivity contribution in [2.24, 2.45) is 0 Å². The molecule has 0 radical (unpaired) electrons. The van der Waals surface area contributed by atoms with Gasteiger partial charge in [0, 0.05) is 29.0 Å². The van der Waals surface area contributed by atoms with Gasteiger partial charge >= 0.3 is 0 Å². The lowest BCUT2D eigenvalue weighted by Gasteiger charge is -2.20. The molecule has 0 spiro atoms. The van der Waals surface area contributed by atoms with Gasteiger partial charge in [0.05, 0.1) is 17.7 Å². The van der Waals surface area contributed by atoms with Gasteiger partial charge in [-0.15, -0.1) is 11.3 Å². The van der Waals surface area contributed by atoms with Crippen LogP contribution in [0.2, 0.25) is 0 Å². The minimum atomic E-state index is -0.00507. The third kappa shape index (κ3) is 2.55. The maximum absolute atomic E-state index is 12.0. The van der Waals surface area contributed by atoms with E-state index in [0.717, 1.165) is 17.0 Å². The molecule has 3 heterocycles. The first-order valence-corrected chi connectivity index (χ1v) is 8.46. The smallest absolute Gasteiger partial charge is 0.226 e. The van der Waals surface area contributed by atoms with Gasteiger partial charge in [0.2, 0.25) is 5.91 Å². The van der Waals surface area contributed by atoms with Crippen LogP contribution < -0.4 is 5.32 Å². The molecular weight excluding hydrogens is 308 g/mol. The highest BCUT2D eigenvalue weighted by Gasteiger charge is 2.32. The molecule has 0 saturated heterocycles. The van der Waals surface area contributed by atoms with Crippen LogP contribution in [0.15, 0.2) is 41.2 Å². The van der Waals surface area contributed by atoms with Crippen LogP contribution in [0.25, 0.3) is 0 Å². The summed E-state index contributed by atoms with van der Waals surface area (Å²) in [5.74, 6) is 0.669. The van der Waals surface area contributed by atoms with E-state index in [1.807, 2.05) is 33.8 Å². The van der Waals surface area contributed by atoms with E-state index in [-0.39, 0.29) is 11.8 Å². The monoisotopic (exact) mass is 324 g/mol. The van der Waals surface area contributed by atoms with E-state index < -0.39 is 0 Å². The molecule has 0 fully saturated rings. The summed E-state index contributed by atoms with van der Waals surface area (Å²) in [6.45, 7) is 2.75. The van der Waals surface area contributed by atoms with Crippen molar-refractivity contribution in [3.8, 4) is 0 Å². The van der Waals surface area contributed by atoms with Crippen molar-refractivity contribution in [3.05, 3.63) is 63.7 Å². The molecule has 5 nitrogen and oxygen atoms in total. The van der Waals surface area contributed by atoms with Gasteiger partial charge in [-0.05, 0) is 12.5 Å². The van der Waals surface area contributed by atoms with Crippen molar-refractivity contribution in [1.82, 2.24) is 14.8 Å². The number of thiazole rings is 1. The zero-order valence-electron chi connectivity index (χ0n) is 12.7. The lowest BCUT2D eigenvalue weighted by atomic mass is 9.90. The fourth-order valence-electron chi connectivity index (χ4n) is 3.10. The number of rotatable bonds is 3. The second-order valence-electron chi connectivity index (χ2n) is 5.71. The van der Waals surface area contributed by atoms with E-state index in [4.69, 9.17) is 0 Å². The van der Waals surface area contributed by atoms with Crippen molar-refractivity contribution in [1.29, 1.82) is 0 Å². The fraction of sp³-hybridized carbons (Fsp3) is 0.235. The van der Waals surface area contributed by atoms with Gasteiger partial charge in [-0.1, -0.05) is 30.3 Å². The molecule has 1 atom stereocenters. The van der Waals surface area contributed by atoms with Gasteiger partial charge in [0.15, 0.2) is 5.82 Å². The molecule has 23 heavy (non-hydrogen) atoms. The van der Waals surface area contributed by atoms with Gasteiger partial charge < -0.3 is 5.32 Å². The number of aromatic nitrogens is 3. The molecular formula is C17H16N4OS. The first-order valence-electron chi connectivity index (χ1n) is 7.51. The molecule has 1 N–H and O–H groups in total. The molecule has 1 amide bonds. The predicted octanol–water partition coefficient (Wildman–Crippen LogP) is 3.17. The Morgan fingerprint density at radius 3 is 2.91 bits per heavy atom. The number of amides is 1. The number of benzene rings is 1. The van der Waals surface area contributed by atoms with Crippen LogP contribution in [0.3, 0.4) is 0 Å².